The van der Waals surface area contributed by atoms with E-state index in [1.807, 2.05) is 12.1 Å². The van der Waals surface area contributed by atoms with Crippen LogP contribution in [0.15, 0.2) is 24.3 Å². The molecule has 17 heavy (non-hydrogen) atoms. The first-order valence-corrected chi connectivity index (χ1v) is 6.29. The molecular weight excluding hydrogens is 214 g/mol. The summed E-state index contributed by atoms with van der Waals surface area (Å²) in [5.41, 5.74) is 1.30. The van der Waals surface area contributed by atoms with Crippen LogP contribution in [0.5, 0.6) is 5.75 Å². The highest BCUT2D eigenvalue weighted by molar-refractivity contribution is 5.39. The molecule has 94 valence electrons. The molecule has 0 amide bonds. The zero-order valence-electron chi connectivity index (χ0n) is 10.6. The Morgan fingerprint density at radius 1 is 1.41 bits per heavy atom. The number of nitrogens with zero attached hydrogens (tertiary/aromatic N) is 1. The number of ether oxygens (including phenoxy) is 1. The average Bonchev–Trinajstić information content (AvgIpc) is 2.72. The molecule has 1 N–H and O–H groups in total. The number of benzene rings is 1. The molecule has 0 saturated carbocycles. The van der Waals surface area contributed by atoms with Gasteiger partial charge in [-0.05, 0) is 19.9 Å². The van der Waals surface area contributed by atoms with E-state index in [-0.39, 0.29) is 6.61 Å². The van der Waals surface area contributed by atoms with Crippen LogP contribution in [0.1, 0.15) is 25.3 Å². The second kappa shape index (κ2) is 5.52. The average molecular weight is 235 g/mol. The Labute approximate surface area is 103 Å². The maximum Gasteiger partial charge on any atom is 0.122 e. The van der Waals surface area contributed by atoms with Gasteiger partial charge in [-0.15, -0.1) is 0 Å². The topological polar surface area (TPSA) is 32.7 Å². The van der Waals surface area contributed by atoms with Gasteiger partial charge in [0.1, 0.15) is 5.75 Å². The first-order valence-electron chi connectivity index (χ1n) is 6.29. The molecule has 1 aromatic carbocycles. The molecular formula is C14H21NO2. The molecule has 1 atom stereocenters. The van der Waals surface area contributed by atoms with Crippen molar-refractivity contribution in [2.24, 2.45) is 0 Å². The molecule has 0 aromatic heterocycles. The van der Waals surface area contributed by atoms with E-state index >= 15 is 0 Å². The second-order valence-electron chi connectivity index (χ2n) is 4.86. The van der Waals surface area contributed by atoms with Gasteiger partial charge >= 0.3 is 0 Å². The van der Waals surface area contributed by atoms with Crippen molar-refractivity contribution in [1.82, 2.24) is 4.90 Å². The summed E-state index contributed by atoms with van der Waals surface area (Å²) in [4.78, 5) is 2.30. The van der Waals surface area contributed by atoms with Crippen molar-refractivity contribution in [3.05, 3.63) is 29.8 Å². The molecule has 1 unspecified atom stereocenters. The Balaban J connectivity index is 2.05. The fourth-order valence-corrected chi connectivity index (χ4v) is 2.35. The molecule has 0 radical (unpaired) electrons. The molecule has 0 bridgehead atoms. The van der Waals surface area contributed by atoms with E-state index in [2.05, 4.69) is 30.9 Å². The van der Waals surface area contributed by atoms with Crippen LogP contribution in [-0.2, 0) is 0 Å². The fraction of sp³-hybridized carbons (Fsp3) is 0.571. The Kier molecular flexibility index (Phi) is 4.02. The van der Waals surface area contributed by atoms with E-state index in [0.29, 0.717) is 12.0 Å². The Hall–Kier alpha value is -1.06. The summed E-state index contributed by atoms with van der Waals surface area (Å²) in [5.74, 6) is 1.45. The smallest absolute Gasteiger partial charge is 0.122 e. The molecule has 0 fully saturated rings. The van der Waals surface area contributed by atoms with Crippen molar-refractivity contribution in [1.29, 1.82) is 0 Å². The third-order valence-electron chi connectivity index (χ3n) is 3.37. The third kappa shape index (κ3) is 2.79. The number of rotatable bonds is 5. The SMILES string of the molecule is CC(C)N(CCO)CC1COc2ccccc21. The maximum atomic E-state index is 9.08. The van der Waals surface area contributed by atoms with Crippen molar-refractivity contribution >= 4 is 0 Å². The van der Waals surface area contributed by atoms with Crippen LogP contribution < -0.4 is 4.74 Å². The fourth-order valence-electron chi connectivity index (χ4n) is 2.35. The van der Waals surface area contributed by atoms with Gasteiger partial charge in [-0.3, -0.25) is 4.90 Å². The van der Waals surface area contributed by atoms with Crippen LogP contribution in [0.2, 0.25) is 0 Å². The number of para-hydroxylation sites is 1. The molecule has 0 aliphatic carbocycles. The highest BCUT2D eigenvalue weighted by atomic mass is 16.5. The van der Waals surface area contributed by atoms with Gasteiger partial charge in [-0.2, -0.15) is 0 Å². The largest absolute Gasteiger partial charge is 0.493 e. The van der Waals surface area contributed by atoms with Gasteiger partial charge in [0.05, 0.1) is 13.2 Å². The number of aliphatic hydroxyl groups is 1. The number of hydrogen-bond donors (Lipinski definition) is 1. The van der Waals surface area contributed by atoms with Crippen LogP contribution in [-0.4, -0.2) is 42.4 Å². The summed E-state index contributed by atoms with van der Waals surface area (Å²) in [6.45, 7) is 6.99. The normalized spacial score (nSPS) is 18.5. The van der Waals surface area contributed by atoms with E-state index < -0.39 is 0 Å². The van der Waals surface area contributed by atoms with E-state index in [1.165, 1.54) is 5.56 Å². The number of hydrogen-bond acceptors (Lipinski definition) is 3. The predicted molar refractivity (Wildman–Crippen MR) is 68.5 cm³/mol. The highest BCUT2D eigenvalue weighted by Gasteiger charge is 2.26. The molecule has 0 spiro atoms. The second-order valence-corrected chi connectivity index (χ2v) is 4.86. The number of fused-ring (bicyclic) bond motifs is 1. The first-order chi connectivity index (χ1) is 8.22. The summed E-state index contributed by atoms with van der Waals surface area (Å²) < 4.78 is 5.68. The lowest BCUT2D eigenvalue weighted by atomic mass is 10.0. The van der Waals surface area contributed by atoms with Gasteiger partial charge < -0.3 is 9.84 Å². The minimum Gasteiger partial charge on any atom is -0.493 e. The first kappa shape index (κ1) is 12.4. The molecule has 1 aliphatic heterocycles. The van der Waals surface area contributed by atoms with E-state index in [0.717, 1.165) is 25.4 Å². The lowest BCUT2D eigenvalue weighted by Crippen LogP contribution is -2.37. The number of aliphatic hydroxyl groups excluding tert-OH is 1. The zero-order chi connectivity index (χ0) is 12.3. The Bertz CT molecular complexity index is 365. The van der Waals surface area contributed by atoms with Crippen LogP contribution in [0.3, 0.4) is 0 Å². The Morgan fingerprint density at radius 3 is 2.88 bits per heavy atom. The molecule has 0 saturated heterocycles. The van der Waals surface area contributed by atoms with Gasteiger partial charge in [0.15, 0.2) is 0 Å². The minimum absolute atomic E-state index is 0.216. The van der Waals surface area contributed by atoms with Crippen molar-refractivity contribution < 1.29 is 9.84 Å². The van der Waals surface area contributed by atoms with E-state index in [4.69, 9.17) is 9.84 Å². The van der Waals surface area contributed by atoms with Crippen LogP contribution in [0.25, 0.3) is 0 Å². The maximum absolute atomic E-state index is 9.08. The molecule has 1 aromatic rings. The van der Waals surface area contributed by atoms with Gasteiger partial charge in [0.25, 0.3) is 0 Å². The molecule has 3 heteroatoms. The minimum atomic E-state index is 0.216. The summed E-state index contributed by atoms with van der Waals surface area (Å²) >= 11 is 0. The summed E-state index contributed by atoms with van der Waals surface area (Å²) in [6, 6.07) is 8.70. The molecule has 2 rings (SSSR count). The van der Waals surface area contributed by atoms with Gasteiger partial charge in [-0.25, -0.2) is 0 Å². The zero-order valence-corrected chi connectivity index (χ0v) is 10.6. The van der Waals surface area contributed by atoms with Crippen LogP contribution in [0, 0.1) is 0 Å². The summed E-state index contributed by atoms with van der Waals surface area (Å²) in [5, 5.41) is 9.08. The quantitative estimate of drug-likeness (QED) is 0.845. The Morgan fingerprint density at radius 2 is 2.18 bits per heavy atom. The van der Waals surface area contributed by atoms with Crippen LogP contribution in [0.4, 0.5) is 0 Å². The van der Waals surface area contributed by atoms with Crippen molar-refractivity contribution in [3.63, 3.8) is 0 Å². The van der Waals surface area contributed by atoms with Crippen LogP contribution >= 0.6 is 0 Å². The van der Waals surface area contributed by atoms with Gasteiger partial charge in [0.2, 0.25) is 0 Å². The van der Waals surface area contributed by atoms with Crippen molar-refractivity contribution in [2.45, 2.75) is 25.8 Å². The molecule has 1 heterocycles. The predicted octanol–water partition coefficient (Wildman–Crippen LogP) is 1.87. The van der Waals surface area contributed by atoms with Gasteiger partial charge in [-0.1, -0.05) is 18.2 Å². The molecule has 1 aliphatic rings. The van der Waals surface area contributed by atoms with Gasteiger partial charge in [0, 0.05) is 30.6 Å². The molecule has 3 nitrogen and oxygen atoms in total. The third-order valence-corrected chi connectivity index (χ3v) is 3.37. The lowest BCUT2D eigenvalue weighted by molar-refractivity contribution is 0.151. The van der Waals surface area contributed by atoms with Crippen molar-refractivity contribution in [3.8, 4) is 5.75 Å². The lowest BCUT2D eigenvalue weighted by Gasteiger charge is -2.28. The standard InChI is InChI=1S/C14H21NO2/c1-11(2)15(7-8-16)9-12-10-17-14-6-4-3-5-13(12)14/h3-6,11-12,16H,7-10H2,1-2H3. The van der Waals surface area contributed by atoms with E-state index in [9.17, 15) is 0 Å². The summed E-state index contributed by atoms with van der Waals surface area (Å²) in [6.07, 6.45) is 0. The van der Waals surface area contributed by atoms with E-state index in [1.54, 1.807) is 0 Å². The summed E-state index contributed by atoms with van der Waals surface area (Å²) in [7, 11) is 0. The monoisotopic (exact) mass is 235 g/mol. The highest BCUT2D eigenvalue weighted by Crippen LogP contribution is 2.34. The van der Waals surface area contributed by atoms with Crippen molar-refractivity contribution in [2.75, 3.05) is 26.3 Å².